The SMILES string of the molecule is CCc1nn(C)c(CC(C)(C#N)C(C)=O)c1Cl. The zero-order chi connectivity index (χ0) is 13.2. The third-order valence-electron chi connectivity index (χ3n) is 3.05. The summed E-state index contributed by atoms with van der Waals surface area (Å²) in [5.41, 5.74) is 0.499. The first-order valence-corrected chi connectivity index (χ1v) is 5.86. The second-order valence-corrected chi connectivity index (χ2v) is 4.74. The van der Waals surface area contributed by atoms with Crippen LogP contribution in [0.15, 0.2) is 0 Å². The molecule has 0 saturated heterocycles. The van der Waals surface area contributed by atoms with Crippen LogP contribution in [0.2, 0.25) is 5.02 Å². The summed E-state index contributed by atoms with van der Waals surface area (Å²) >= 11 is 6.19. The lowest BCUT2D eigenvalue weighted by molar-refractivity contribution is -0.123. The van der Waals surface area contributed by atoms with Gasteiger partial charge in [0.15, 0.2) is 0 Å². The Labute approximate surface area is 106 Å². The molecular formula is C12H16ClN3O. The van der Waals surface area contributed by atoms with Gasteiger partial charge in [-0.1, -0.05) is 18.5 Å². The van der Waals surface area contributed by atoms with E-state index in [9.17, 15) is 4.79 Å². The molecular weight excluding hydrogens is 238 g/mol. The van der Waals surface area contributed by atoms with Gasteiger partial charge in [0.2, 0.25) is 0 Å². The molecule has 0 aliphatic carbocycles. The molecule has 5 heteroatoms. The summed E-state index contributed by atoms with van der Waals surface area (Å²) in [5, 5.41) is 14.0. The molecule has 17 heavy (non-hydrogen) atoms. The fourth-order valence-corrected chi connectivity index (χ4v) is 1.95. The van der Waals surface area contributed by atoms with Gasteiger partial charge >= 0.3 is 0 Å². The van der Waals surface area contributed by atoms with E-state index in [0.29, 0.717) is 11.4 Å². The maximum atomic E-state index is 11.5. The van der Waals surface area contributed by atoms with E-state index in [4.69, 9.17) is 16.9 Å². The summed E-state index contributed by atoms with van der Waals surface area (Å²) in [6, 6.07) is 2.06. The molecule has 0 fully saturated rings. The number of Topliss-reactive ketones (excluding diaryl/α,β-unsaturated/α-hetero) is 1. The van der Waals surface area contributed by atoms with E-state index in [1.54, 1.807) is 18.7 Å². The lowest BCUT2D eigenvalue weighted by atomic mass is 9.83. The van der Waals surface area contributed by atoms with Gasteiger partial charge in [0.05, 0.1) is 22.5 Å². The largest absolute Gasteiger partial charge is 0.298 e. The highest BCUT2D eigenvalue weighted by Gasteiger charge is 2.32. The Morgan fingerprint density at radius 3 is 2.59 bits per heavy atom. The number of carbonyl (C=O) groups is 1. The molecule has 0 N–H and O–H groups in total. The molecule has 1 atom stereocenters. The van der Waals surface area contributed by atoms with Crippen molar-refractivity contribution in [2.24, 2.45) is 12.5 Å². The minimum absolute atomic E-state index is 0.157. The molecule has 1 aromatic rings. The Balaban J connectivity index is 3.16. The first-order chi connectivity index (χ1) is 7.85. The highest BCUT2D eigenvalue weighted by Crippen LogP contribution is 2.29. The molecule has 1 unspecified atom stereocenters. The summed E-state index contributed by atoms with van der Waals surface area (Å²) in [6.07, 6.45) is 1.02. The minimum Gasteiger partial charge on any atom is -0.298 e. The van der Waals surface area contributed by atoms with E-state index in [0.717, 1.165) is 17.8 Å². The van der Waals surface area contributed by atoms with Crippen LogP contribution in [0.5, 0.6) is 0 Å². The molecule has 0 spiro atoms. The Morgan fingerprint density at radius 2 is 2.24 bits per heavy atom. The van der Waals surface area contributed by atoms with Gasteiger partial charge in [0.1, 0.15) is 11.2 Å². The Bertz CT molecular complexity index is 487. The fraction of sp³-hybridized carbons (Fsp3) is 0.583. The number of hydrogen-bond acceptors (Lipinski definition) is 3. The van der Waals surface area contributed by atoms with Crippen LogP contribution in [0, 0.1) is 16.7 Å². The van der Waals surface area contributed by atoms with Gasteiger partial charge in [-0.05, 0) is 20.3 Å². The predicted molar refractivity (Wildman–Crippen MR) is 65.7 cm³/mol. The van der Waals surface area contributed by atoms with Crippen molar-refractivity contribution in [1.29, 1.82) is 5.26 Å². The van der Waals surface area contributed by atoms with Crippen molar-refractivity contribution in [1.82, 2.24) is 9.78 Å². The highest BCUT2D eigenvalue weighted by molar-refractivity contribution is 6.31. The Hall–Kier alpha value is -1.34. The van der Waals surface area contributed by atoms with Crippen molar-refractivity contribution in [3.8, 4) is 6.07 Å². The summed E-state index contributed by atoms with van der Waals surface area (Å²) in [6.45, 7) is 5.02. The van der Waals surface area contributed by atoms with Gasteiger partial charge in [-0.25, -0.2) is 0 Å². The van der Waals surface area contributed by atoms with Gasteiger partial charge in [-0.2, -0.15) is 10.4 Å². The third kappa shape index (κ3) is 2.50. The molecule has 0 aliphatic heterocycles. The number of carbonyl (C=O) groups excluding carboxylic acids is 1. The van der Waals surface area contributed by atoms with Crippen molar-refractivity contribution < 1.29 is 4.79 Å². The van der Waals surface area contributed by atoms with E-state index in [-0.39, 0.29) is 5.78 Å². The van der Waals surface area contributed by atoms with E-state index in [2.05, 4.69) is 11.2 Å². The van der Waals surface area contributed by atoms with Gasteiger partial charge < -0.3 is 0 Å². The monoisotopic (exact) mass is 253 g/mol. The number of rotatable bonds is 4. The van der Waals surface area contributed by atoms with Gasteiger partial charge in [0.25, 0.3) is 0 Å². The molecule has 0 aromatic carbocycles. The molecule has 0 bridgehead atoms. The number of aromatic nitrogens is 2. The quantitative estimate of drug-likeness (QED) is 0.827. The Morgan fingerprint density at radius 1 is 1.65 bits per heavy atom. The molecule has 1 aromatic heterocycles. The molecule has 0 saturated carbocycles. The standard InChI is InChI=1S/C12H16ClN3O/c1-5-9-11(13)10(16(4)15-9)6-12(3,7-14)8(2)17/h5-6H2,1-4H3. The lowest BCUT2D eigenvalue weighted by Gasteiger charge is -2.17. The molecule has 0 amide bonds. The topological polar surface area (TPSA) is 58.7 Å². The Kier molecular flexibility index (Phi) is 3.94. The van der Waals surface area contributed by atoms with Gasteiger partial charge in [0, 0.05) is 13.5 Å². The number of aryl methyl sites for hydroxylation is 2. The molecule has 1 rings (SSSR count). The van der Waals surface area contributed by atoms with Gasteiger partial charge in [-0.3, -0.25) is 9.48 Å². The van der Waals surface area contributed by atoms with Crippen LogP contribution in [0.3, 0.4) is 0 Å². The summed E-state index contributed by atoms with van der Waals surface area (Å²) in [5.74, 6) is -0.157. The van der Waals surface area contributed by atoms with E-state index < -0.39 is 5.41 Å². The summed E-state index contributed by atoms with van der Waals surface area (Å²) < 4.78 is 1.65. The third-order valence-corrected chi connectivity index (χ3v) is 3.48. The zero-order valence-corrected chi connectivity index (χ0v) is 11.3. The molecule has 0 aliphatic rings. The number of nitriles is 1. The number of halogens is 1. The maximum Gasteiger partial charge on any atom is 0.150 e. The smallest absolute Gasteiger partial charge is 0.150 e. The maximum absolute atomic E-state index is 11.5. The first-order valence-electron chi connectivity index (χ1n) is 5.48. The fourth-order valence-electron chi connectivity index (χ4n) is 1.59. The second kappa shape index (κ2) is 4.89. The normalized spacial score (nSPS) is 14.1. The van der Waals surface area contributed by atoms with E-state index in [1.165, 1.54) is 6.92 Å². The van der Waals surface area contributed by atoms with Crippen molar-refractivity contribution in [2.75, 3.05) is 0 Å². The average molecular weight is 254 g/mol. The van der Waals surface area contributed by atoms with Crippen LogP contribution >= 0.6 is 11.6 Å². The zero-order valence-electron chi connectivity index (χ0n) is 10.5. The highest BCUT2D eigenvalue weighted by atomic mass is 35.5. The van der Waals surface area contributed by atoms with Crippen molar-refractivity contribution >= 4 is 17.4 Å². The molecule has 0 radical (unpaired) electrons. The predicted octanol–water partition coefficient (Wildman–Crippen LogP) is 2.30. The minimum atomic E-state index is -1.04. The number of hydrogen-bond donors (Lipinski definition) is 0. The van der Waals surface area contributed by atoms with E-state index in [1.807, 2.05) is 6.92 Å². The lowest BCUT2D eigenvalue weighted by Crippen LogP contribution is -2.27. The summed E-state index contributed by atoms with van der Waals surface area (Å²) in [7, 11) is 1.78. The van der Waals surface area contributed by atoms with Crippen molar-refractivity contribution in [2.45, 2.75) is 33.6 Å². The molecule has 4 nitrogen and oxygen atoms in total. The van der Waals surface area contributed by atoms with Crippen molar-refractivity contribution in [3.05, 3.63) is 16.4 Å². The van der Waals surface area contributed by atoms with Crippen LogP contribution in [0.1, 0.15) is 32.2 Å². The van der Waals surface area contributed by atoms with Crippen LogP contribution in [-0.4, -0.2) is 15.6 Å². The van der Waals surface area contributed by atoms with Crippen LogP contribution in [0.4, 0.5) is 0 Å². The van der Waals surface area contributed by atoms with Gasteiger partial charge in [-0.15, -0.1) is 0 Å². The van der Waals surface area contributed by atoms with Crippen LogP contribution in [0.25, 0.3) is 0 Å². The van der Waals surface area contributed by atoms with Crippen LogP contribution in [-0.2, 0) is 24.7 Å². The van der Waals surface area contributed by atoms with E-state index >= 15 is 0 Å². The molecule has 1 heterocycles. The number of ketones is 1. The van der Waals surface area contributed by atoms with Crippen LogP contribution < -0.4 is 0 Å². The first kappa shape index (κ1) is 13.7. The second-order valence-electron chi connectivity index (χ2n) is 4.36. The molecule has 92 valence electrons. The number of nitrogens with zero attached hydrogens (tertiary/aromatic N) is 3. The van der Waals surface area contributed by atoms with Crippen molar-refractivity contribution in [3.63, 3.8) is 0 Å². The average Bonchev–Trinajstić information content (AvgIpc) is 2.55. The summed E-state index contributed by atoms with van der Waals surface area (Å²) in [4.78, 5) is 11.5.